The zero-order valence-corrected chi connectivity index (χ0v) is 12.0. The van der Waals surface area contributed by atoms with E-state index in [9.17, 15) is 14.9 Å². The second-order valence-electron chi connectivity index (χ2n) is 7.69. The highest BCUT2D eigenvalue weighted by atomic mass is 16.2. The molecule has 23 heavy (non-hydrogen) atoms. The molecule has 8 rings (SSSR count). The molecule has 6 heteroatoms. The Morgan fingerprint density at radius 3 is 2.43 bits per heavy atom. The third-order valence-corrected chi connectivity index (χ3v) is 7.36. The zero-order valence-electron chi connectivity index (χ0n) is 12.0. The number of nitriles is 1. The lowest BCUT2D eigenvalue weighted by Gasteiger charge is -2.39. The monoisotopic (exact) mass is 304 g/mol. The summed E-state index contributed by atoms with van der Waals surface area (Å²) in [7, 11) is 0. The quantitative estimate of drug-likeness (QED) is 0.772. The summed E-state index contributed by atoms with van der Waals surface area (Å²) in [5, 5.41) is 9.77. The summed E-state index contributed by atoms with van der Waals surface area (Å²) in [5.41, 5.74) is -0.259. The van der Waals surface area contributed by atoms with Crippen LogP contribution in [-0.4, -0.2) is 13.9 Å². The van der Waals surface area contributed by atoms with Gasteiger partial charge in [-0.05, 0) is 35.8 Å². The Morgan fingerprint density at radius 2 is 1.70 bits per heavy atom. The van der Waals surface area contributed by atoms with Crippen molar-refractivity contribution in [2.24, 2.45) is 35.0 Å². The van der Waals surface area contributed by atoms with Gasteiger partial charge in [0.25, 0.3) is 0 Å². The molecule has 6 aliphatic rings. The highest BCUT2D eigenvalue weighted by Crippen LogP contribution is 2.96. The van der Waals surface area contributed by atoms with Crippen LogP contribution in [0.2, 0.25) is 0 Å². The van der Waals surface area contributed by atoms with Gasteiger partial charge >= 0.3 is 11.4 Å². The number of benzene rings is 1. The zero-order chi connectivity index (χ0) is 15.2. The van der Waals surface area contributed by atoms with E-state index in [1.807, 2.05) is 18.2 Å². The molecule has 0 radical (unpaired) electrons. The smallest absolute Gasteiger partial charge is 0.245 e. The minimum Gasteiger partial charge on any atom is -0.245 e. The van der Waals surface area contributed by atoms with Crippen LogP contribution in [0.5, 0.6) is 0 Å². The second-order valence-corrected chi connectivity index (χ2v) is 7.69. The fourth-order valence-electron chi connectivity index (χ4n) is 6.90. The predicted molar refractivity (Wildman–Crippen MR) is 77.9 cm³/mol. The Bertz CT molecular complexity index is 1090. The Balaban J connectivity index is 1.58. The van der Waals surface area contributed by atoms with Gasteiger partial charge < -0.3 is 0 Å². The van der Waals surface area contributed by atoms with Crippen molar-refractivity contribution >= 4 is 0 Å². The number of rotatable bonds is 1. The van der Waals surface area contributed by atoms with Gasteiger partial charge in [0.1, 0.15) is 0 Å². The summed E-state index contributed by atoms with van der Waals surface area (Å²) in [4.78, 5) is 26.0. The molecule has 4 saturated carbocycles. The van der Waals surface area contributed by atoms with Gasteiger partial charge in [-0.15, -0.1) is 0 Å². The maximum Gasteiger partial charge on any atom is 0.352 e. The predicted octanol–water partition coefficient (Wildman–Crippen LogP) is 0.542. The first kappa shape index (κ1) is 11.1. The van der Waals surface area contributed by atoms with Crippen LogP contribution < -0.4 is 11.4 Å². The van der Waals surface area contributed by atoms with Gasteiger partial charge in [0.2, 0.25) is 0 Å². The highest BCUT2D eigenvalue weighted by molar-refractivity contribution is 5.48. The number of para-hydroxylation sites is 1. The standard InChI is InChI=1S/C17H12N4O2/c18-6-17-11-8-9-10(8)14(17)21-16(23)19(7-4-2-1-3-5-7)15(22)20(21)13(9)12(11)17/h1-5,8-14H/t8-,9-,10+,11-,12+,13-,14-,17-/m1/s1. The van der Waals surface area contributed by atoms with Gasteiger partial charge in [0.05, 0.1) is 29.3 Å². The molecule has 2 bridgehead atoms. The van der Waals surface area contributed by atoms with E-state index in [0.29, 0.717) is 35.3 Å². The van der Waals surface area contributed by atoms with Crippen molar-refractivity contribution in [1.29, 1.82) is 5.26 Å². The second kappa shape index (κ2) is 2.82. The van der Waals surface area contributed by atoms with Gasteiger partial charge in [-0.2, -0.15) is 5.26 Å². The van der Waals surface area contributed by atoms with Crippen molar-refractivity contribution in [2.45, 2.75) is 12.1 Å². The number of hydrogen-bond acceptors (Lipinski definition) is 3. The molecule has 0 N–H and O–H groups in total. The van der Waals surface area contributed by atoms with E-state index in [4.69, 9.17) is 0 Å². The Labute approximate surface area is 130 Å². The molecule has 0 unspecified atom stereocenters. The average molecular weight is 304 g/mol. The minimum absolute atomic E-state index is 0.0739. The number of aromatic nitrogens is 3. The van der Waals surface area contributed by atoms with Crippen molar-refractivity contribution in [3.63, 3.8) is 0 Å². The summed E-state index contributed by atoms with van der Waals surface area (Å²) in [5.74, 6) is 2.33. The highest BCUT2D eigenvalue weighted by Gasteiger charge is 2.97. The van der Waals surface area contributed by atoms with E-state index in [-0.39, 0.29) is 28.9 Å². The Kier molecular flexibility index (Phi) is 1.36. The van der Waals surface area contributed by atoms with Gasteiger partial charge in [0.15, 0.2) is 0 Å². The average Bonchev–Trinajstić information content (AvgIpc) is 3.36. The van der Waals surface area contributed by atoms with Gasteiger partial charge in [-0.25, -0.2) is 23.5 Å². The molecule has 0 spiro atoms. The largest absolute Gasteiger partial charge is 0.352 e. The lowest BCUT2D eigenvalue weighted by atomic mass is 9.80. The maximum atomic E-state index is 13.0. The summed E-state index contributed by atoms with van der Waals surface area (Å²) >= 11 is 0. The van der Waals surface area contributed by atoms with Gasteiger partial charge in [0, 0.05) is 5.92 Å². The molecule has 2 aromatic rings. The van der Waals surface area contributed by atoms with E-state index >= 15 is 0 Å². The van der Waals surface area contributed by atoms with Crippen molar-refractivity contribution in [3.8, 4) is 11.8 Å². The first-order valence-corrected chi connectivity index (χ1v) is 8.16. The Hall–Kier alpha value is -2.55. The lowest BCUT2D eigenvalue weighted by Crippen LogP contribution is -2.48. The van der Waals surface area contributed by atoms with E-state index in [1.165, 1.54) is 4.57 Å². The van der Waals surface area contributed by atoms with E-state index in [2.05, 4.69) is 6.07 Å². The van der Waals surface area contributed by atoms with Gasteiger partial charge in [-0.3, -0.25) is 0 Å². The third-order valence-electron chi connectivity index (χ3n) is 7.36. The van der Waals surface area contributed by atoms with Crippen LogP contribution in [-0.2, 0) is 0 Å². The van der Waals surface area contributed by atoms with E-state index in [0.717, 1.165) is 0 Å². The van der Waals surface area contributed by atoms with Crippen LogP contribution in [0.1, 0.15) is 12.1 Å². The molecule has 1 aromatic heterocycles. The van der Waals surface area contributed by atoms with Gasteiger partial charge in [-0.1, -0.05) is 18.2 Å². The molecular formula is C17H12N4O2. The molecule has 1 aromatic carbocycles. The van der Waals surface area contributed by atoms with Crippen molar-refractivity contribution in [2.75, 3.05) is 0 Å². The fourth-order valence-corrected chi connectivity index (χ4v) is 6.90. The van der Waals surface area contributed by atoms with Crippen LogP contribution in [0.4, 0.5) is 0 Å². The van der Waals surface area contributed by atoms with Crippen LogP contribution in [0.15, 0.2) is 39.9 Å². The normalized spacial score (nSPS) is 48.0. The summed E-state index contributed by atoms with van der Waals surface area (Å²) in [6, 6.07) is 11.6. The lowest BCUT2D eigenvalue weighted by molar-refractivity contribution is 0.0819. The molecule has 3 heterocycles. The fraction of sp³-hybridized carbons (Fsp3) is 0.471. The van der Waals surface area contributed by atoms with Crippen molar-refractivity contribution in [1.82, 2.24) is 13.9 Å². The van der Waals surface area contributed by atoms with E-state index in [1.54, 1.807) is 21.5 Å². The molecular weight excluding hydrogens is 292 g/mol. The summed E-state index contributed by atoms with van der Waals surface area (Å²) in [6.07, 6.45) is 0. The topological polar surface area (TPSA) is 72.7 Å². The van der Waals surface area contributed by atoms with E-state index < -0.39 is 0 Å². The SMILES string of the molecule is N#C[C@]12[C@@H]3[C@@H]4[C@@H]5[C@H]4[C@H]1n1c(=O)n(-c4ccccc4)c(=O)n1[C@H]5[C@H]32. The molecule has 2 aliphatic heterocycles. The first-order valence-electron chi connectivity index (χ1n) is 8.16. The van der Waals surface area contributed by atoms with Crippen LogP contribution >= 0.6 is 0 Å². The Morgan fingerprint density at radius 1 is 0.957 bits per heavy atom. The first-order chi connectivity index (χ1) is 11.2. The number of nitrogens with zero attached hydrogens (tertiary/aromatic N) is 4. The molecule has 0 amide bonds. The van der Waals surface area contributed by atoms with Crippen LogP contribution in [0.3, 0.4) is 0 Å². The van der Waals surface area contributed by atoms with Crippen LogP contribution in [0.25, 0.3) is 5.69 Å². The molecule has 112 valence electrons. The maximum absolute atomic E-state index is 13.0. The van der Waals surface area contributed by atoms with Crippen LogP contribution in [0, 0.1) is 46.3 Å². The molecule has 0 saturated heterocycles. The molecule has 4 fully saturated rings. The minimum atomic E-state index is -0.353. The van der Waals surface area contributed by atoms with Crippen molar-refractivity contribution < 1.29 is 0 Å². The summed E-state index contributed by atoms with van der Waals surface area (Å²) < 4.78 is 4.62. The molecule has 4 aliphatic carbocycles. The van der Waals surface area contributed by atoms with Crippen molar-refractivity contribution in [3.05, 3.63) is 51.3 Å². The molecule has 6 nitrogen and oxygen atoms in total. The third kappa shape index (κ3) is 0.792. The molecule has 8 atom stereocenters. The number of hydrogen-bond donors (Lipinski definition) is 0. The summed E-state index contributed by atoms with van der Waals surface area (Å²) in [6.45, 7) is 0.